The molecule has 0 saturated carbocycles. The topological polar surface area (TPSA) is 62.3 Å². The number of H-pyrrole nitrogens is 1. The van der Waals surface area contributed by atoms with Gasteiger partial charge in [0.1, 0.15) is 5.82 Å². The third kappa shape index (κ3) is 3.32. The van der Waals surface area contributed by atoms with Crippen LogP contribution in [-0.4, -0.2) is 41.4 Å². The fourth-order valence-electron chi connectivity index (χ4n) is 2.61. The molecule has 2 N–H and O–H groups in total. The number of hydrogen-bond donors (Lipinski definition) is 2. The van der Waals surface area contributed by atoms with E-state index in [0.29, 0.717) is 35.2 Å². The van der Waals surface area contributed by atoms with Crippen LogP contribution in [0.5, 0.6) is 0 Å². The summed E-state index contributed by atoms with van der Waals surface area (Å²) in [6.07, 6.45) is 0. The molecule has 1 aliphatic heterocycles. The SMILES string of the molecule is COCCN1CNc2c(c(=O)[nH]c(=S)n2-c2cccc(Cl)c2)C1. The van der Waals surface area contributed by atoms with Crippen molar-refractivity contribution in [3.63, 3.8) is 0 Å². The molecule has 0 saturated heterocycles. The van der Waals surface area contributed by atoms with Crippen LogP contribution in [-0.2, 0) is 11.3 Å². The zero-order chi connectivity index (χ0) is 16.4. The van der Waals surface area contributed by atoms with E-state index in [2.05, 4.69) is 15.2 Å². The highest BCUT2D eigenvalue weighted by Crippen LogP contribution is 2.24. The molecule has 122 valence electrons. The van der Waals surface area contributed by atoms with Gasteiger partial charge in [-0.05, 0) is 30.4 Å². The lowest BCUT2D eigenvalue weighted by Crippen LogP contribution is -2.40. The summed E-state index contributed by atoms with van der Waals surface area (Å²) in [5, 5.41) is 3.91. The Labute approximate surface area is 143 Å². The second-order valence-corrected chi connectivity index (χ2v) is 6.11. The molecule has 6 nitrogen and oxygen atoms in total. The highest BCUT2D eigenvalue weighted by Gasteiger charge is 2.22. The van der Waals surface area contributed by atoms with Crippen LogP contribution in [0, 0.1) is 4.77 Å². The number of benzene rings is 1. The van der Waals surface area contributed by atoms with Crippen molar-refractivity contribution in [1.29, 1.82) is 0 Å². The zero-order valence-corrected chi connectivity index (χ0v) is 14.2. The maximum Gasteiger partial charge on any atom is 0.258 e. The molecule has 23 heavy (non-hydrogen) atoms. The third-order valence-corrected chi connectivity index (χ3v) is 4.26. The van der Waals surface area contributed by atoms with Gasteiger partial charge in [0.15, 0.2) is 4.77 Å². The zero-order valence-electron chi connectivity index (χ0n) is 12.6. The van der Waals surface area contributed by atoms with Crippen molar-refractivity contribution in [1.82, 2.24) is 14.5 Å². The smallest absolute Gasteiger partial charge is 0.258 e. The Balaban J connectivity index is 2.07. The maximum absolute atomic E-state index is 12.3. The van der Waals surface area contributed by atoms with Gasteiger partial charge < -0.3 is 10.1 Å². The van der Waals surface area contributed by atoms with Crippen LogP contribution in [0.2, 0.25) is 5.02 Å². The van der Waals surface area contributed by atoms with Gasteiger partial charge in [-0.1, -0.05) is 17.7 Å². The van der Waals surface area contributed by atoms with Crippen molar-refractivity contribution in [2.45, 2.75) is 6.54 Å². The van der Waals surface area contributed by atoms with Gasteiger partial charge in [-0.3, -0.25) is 19.2 Å². The molecule has 0 fully saturated rings. The molecule has 1 aromatic heterocycles. The summed E-state index contributed by atoms with van der Waals surface area (Å²) in [6.45, 7) is 2.52. The quantitative estimate of drug-likeness (QED) is 0.827. The highest BCUT2D eigenvalue weighted by molar-refractivity contribution is 7.71. The van der Waals surface area contributed by atoms with E-state index in [1.54, 1.807) is 13.2 Å². The second-order valence-electron chi connectivity index (χ2n) is 5.28. The normalized spacial score (nSPS) is 14.3. The lowest BCUT2D eigenvalue weighted by molar-refractivity contribution is 0.146. The number of halogens is 1. The summed E-state index contributed by atoms with van der Waals surface area (Å²) >= 11 is 11.4. The van der Waals surface area contributed by atoms with E-state index in [9.17, 15) is 4.79 Å². The highest BCUT2D eigenvalue weighted by atomic mass is 35.5. The summed E-state index contributed by atoms with van der Waals surface area (Å²) in [4.78, 5) is 17.1. The number of aromatic amines is 1. The van der Waals surface area contributed by atoms with E-state index in [1.165, 1.54) is 0 Å². The first-order valence-electron chi connectivity index (χ1n) is 7.19. The number of nitrogens with zero attached hydrogens (tertiary/aromatic N) is 2. The van der Waals surface area contributed by atoms with Crippen LogP contribution < -0.4 is 10.9 Å². The summed E-state index contributed by atoms with van der Waals surface area (Å²) in [6, 6.07) is 7.37. The van der Waals surface area contributed by atoms with Gasteiger partial charge in [0.2, 0.25) is 0 Å². The van der Waals surface area contributed by atoms with Crippen molar-refractivity contribution in [2.75, 3.05) is 32.2 Å². The van der Waals surface area contributed by atoms with Crippen molar-refractivity contribution in [2.24, 2.45) is 0 Å². The standard InChI is InChI=1S/C15H17ClN4O2S/c1-22-6-5-19-8-12-13(17-9-19)20(15(23)18-14(12)21)11-4-2-3-10(16)7-11/h2-4,7,17H,5-6,8-9H2,1H3,(H,18,21,23). The third-order valence-electron chi connectivity index (χ3n) is 3.74. The average molecular weight is 353 g/mol. The molecule has 2 heterocycles. The molecule has 0 aliphatic carbocycles. The number of fused-ring (bicyclic) bond motifs is 1. The van der Waals surface area contributed by atoms with Gasteiger partial charge in [0, 0.05) is 25.2 Å². The van der Waals surface area contributed by atoms with E-state index in [0.717, 1.165) is 18.1 Å². The van der Waals surface area contributed by atoms with Crippen molar-refractivity contribution in [3.8, 4) is 5.69 Å². The number of rotatable bonds is 4. The van der Waals surface area contributed by atoms with E-state index in [4.69, 9.17) is 28.6 Å². The molecule has 0 unspecified atom stereocenters. The van der Waals surface area contributed by atoms with Gasteiger partial charge in [-0.15, -0.1) is 0 Å². The summed E-state index contributed by atoms with van der Waals surface area (Å²) < 4.78 is 7.25. The number of ether oxygens (including phenoxy) is 1. The Morgan fingerprint density at radius 3 is 3.00 bits per heavy atom. The van der Waals surface area contributed by atoms with Crippen molar-refractivity contribution in [3.05, 3.63) is 50.0 Å². The fourth-order valence-corrected chi connectivity index (χ4v) is 3.09. The predicted molar refractivity (Wildman–Crippen MR) is 93.0 cm³/mol. The molecule has 0 spiro atoms. The second kappa shape index (κ2) is 6.84. The lowest BCUT2D eigenvalue weighted by Gasteiger charge is -2.30. The first kappa shape index (κ1) is 16.2. The summed E-state index contributed by atoms with van der Waals surface area (Å²) in [5.74, 6) is 0.717. The number of anilines is 1. The average Bonchev–Trinajstić information content (AvgIpc) is 2.53. The number of methoxy groups -OCH3 is 1. The van der Waals surface area contributed by atoms with E-state index in [1.807, 2.05) is 22.8 Å². The first-order valence-corrected chi connectivity index (χ1v) is 7.98. The minimum Gasteiger partial charge on any atom is -0.383 e. The van der Waals surface area contributed by atoms with Gasteiger partial charge in [0.05, 0.1) is 24.5 Å². The fraction of sp³-hybridized carbons (Fsp3) is 0.333. The molecule has 0 amide bonds. The molecule has 8 heteroatoms. The molecular formula is C15H17ClN4O2S. The number of aromatic nitrogens is 2. The molecule has 3 rings (SSSR count). The molecule has 2 aromatic rings. The lowest BCUT2D eigenvalue weighted by atomic mass is 10.2. The molecule has 1 aromatic carbocycles. The first-order chi connectivity index (χ1) is 11.1. The number of hydrogen-bond acceptors (Lipinski definition) is 5. The van der Waals surface area contributed by atoms with E-state index in [-0.39, 0.29) is 5.56 Å². The van der Waals surface area contributed by atoms with Crippen LogP contribution in [0.4, 0.5) is 5.82 Å². The Bertz CT molecular complexity index is 833. The molecule has 0 bridgehead atoms. The van der Waals surface area contributed by atoms with Gasteiger partial charge in [-0.25, -0.2) is 0 Å². The van der Waals surface area contributed by atoms with Crippen LogP contribution in [0.15, 0.2) is 29.1 Å². The summed E-state index contributed by atoms with van der Waals surface area (Å²) in [7, 11) is 1.66. The van der Waals surface area contributed by atoms with Crippen molar-refractivity contribution < 1.29 is 4.74 Å². The van der Waals surface area contributed by atoms with Gasteiger partial charge in [-0.2, -0.15) is 0 Å². The predicted octanol–water partition coefficient (Wildman–Crippen LogP) is 2.38. The Hall–Kier alpha value is -1.67. The minimum atomic E-state index is -0.169. The summed E-state index contributed by atoms with van der Waals surface area (Å²) in [5.41, 5.74) is 1.30. The van der Waals surface area contributed by atoms with E-state index >= 15 is 0 Å². The maximum atomic E-state index is 12.3. The molecule has 0 atom stereocenters. The van der Waals surface area contributed by atoms with Crippen LogP contribution in [0.3, 0.4) is 0 Å². The Kier molecular flexibility index (Phi) is 4.82. The molecule has 0 radical (unpaired) electrons. The minimum absolute atomic E-state index is 0.169. The molecule has 1 aliphatic rings. The Morgan fingerprint density at radius 1 is 1.43 bits per heavy atom. The number of nitrogens with one attached hydrogen (secondary N) is 2. The van der Waals surface area contributed by atoms with Crippen molar-refractivity contribution >= 4 is 29.6 Å². The van der Waals surface area contributed by atoms with Crippen LogP contribution in [0.25, 0.3) is 5.69 Å². The van der Waals surface area contributed by atoms with Gasteiger partial charge in [0.25, 0.3) is 5.56 Å². The monoisotopic (exact) mass is 352 g/mol. The van der Waals surface area contributed by atoms with Gasteiger partial charge >= 0.3 is 0 Å². The van der Waals surface area contributed by atoms with Crippen LogP contribution >= 0.6 is 23.8 Å². The van der Waals surface area contributed by atoms with Crippen LogP contribution in [0.1, 0.15) is 5.56 Å². The Morgan fingerprint density at radius 2 is 2.26 bits per heavy atom. The largest absolute Gasteiger partial charge is 0.383 e. The molecular weight excluding hydrogens is 336 g/mol. The van der Waals surface area contributed by atoms with E-state index < -0.39 is 0 Å².